The highest BCUT2D eigenvalue weighted by molar-refractivity contribution is 7.99. The van der Waals surface area contributed by atoms with Crippen molar-refractivity contribution in [3.05, 3.63) is 0 Å². The molecule has 2 unspecified atom stereocenters. The molecule has 0 radical (unpaired) electrons. The molecule has 1 saturated heterocycles. The molecule has 1 fully saturated rings. The Morgan fingerprint density at radius 2 is 2.44 bits per heavy atom. The Hall–Kier alpha value is -0.260. The number of carbonyl (C=O) groups excluding carboxylic acids is 1. The van der Waals surface area contributed by atoms with Gasteiger partial charge in [0.25, 0.3) is 0 Å². The Morgan fingerprint density at radius 3 is 3.00 bits per heavy atom. The fourth-order valence-corrected chi connectivity index (χ4v) is 2.52. The summed E-state index contributed by atoms with van der Waals surface area (Å²) >= 11 is 1.78. The minimum atomic E-state index is 0.0129. The topological polar surface area (TPSA) is 44.4 Å². The number of hydrogen-bond acceptors (Lipinski definition) is 4. The van der Waals surface area contributed by atoms with Crippen molar-refractivity contribution in [3.8, 4) is 0 Å². The zero-order chi connectivity index (χ0) is 12.0. The Bertz CT molecular complexity index is 219. The standard InChI is InChI=1S/C11H23N3OS/c1-4-9(2)14(3)6-5-12-11(15)10-7-16-8-13-10/h9-10,13H,4-8H2,1-3H3,(H,12,15). The molecule has 2 atom stereocenters. The van der Waals surface area contributed by atoms with Gasteiger partial charge in [0.1, 0.15) is 0 Å². The molecule has 0 aromatic heterocycles. The van der Waals surface area contributed by atoms with Gasteiger partial charge in [-0.3, -0.25) is 10.1 Å². The van der Waals surface area contributed by atoms with E-state index < -0.39 is 0 Å². The molecule has 1 amide bonds. The average Bonchev–Trinajstić information content (AvgIpc) is 2.81. The highest BCUT2D eigenvalue weighted by Crippen LogP contribution is 2.09. The van der Waals surface area contributed by atoms with E-state index in [2.05, 4.69) is 36.4 Å². The maximum atomic E-state index is 11.7. The lowest BCUT2D eigenvalue weighted by atomic mass is 10.2. The third-order valence-electron chi connectivity index (χ3n) is 3.14. The third-order valence-corrected chi connectivity index (χ3v) is 4.08. The summed E-state index contributed by atoms with van der Waals surface area (Å²) in [5.74, 6) is 1.93. The van der Waals surface area contributed by atoms with Crippen molar-refractivity contribution in [1.82, 2.24) is 15.5 Å². The lowest BCUT2D eigenvalue weighted by Gasteiger charge is -2.23. The number of likely N-dealkylation sites (N-methyl/N-ethyl adjacent to an activating group) is 1. The molecule has 0 aromatic rings. The molecular weight excluding hydrogens is 222 g/mol. The monoisotopic (exact) mass is 245 g/mol. The summed E-state index contributed by atoms with van der Waals surface area (Å²) < 4.78 is 0. The Labute approximate surface area is 103 Å². The van der Waals surface area contributed by atoms with Crippen LogP contribution in [0.15, 0.2) is 0 Å². The van der Waals surface area contributed by atoms with Crippen LogP contribution in [0.4, 0.5) is 0 Å². The molecule has 0 bridgehead atoms. The Kier molecular flexibility index (Phi) is 6.16. The van der Waals surface area contributed by atoms with Crippen molar-refractivity contribution in [2.45, 2.75) is 32.4 Å². The van der Waals surface area contributed by atoms with Crippen molar-refractivity contribution >= 4 is 17.7 Å². The first-order valence-electron chi connectivity index (χ1n) is 5.94. The summed E-state index contributed by atoms with van der Waals surface area (Å²) in [6, 6.07) is 0.593. The molecule has 1 rings (SSSR count). The molecule has 0 aromatic carbocycles. The minimum absolute atomic E-state index is 0.0129. The first-order chi connectivity index (χ1) is 7.65. The molecule has 1 heterocycles. The second-order valence-electron chi connectivity index (χ2n) is 4.30. The summed E-state index contributed by atoms with van der Waals surface area (Å²) in [5, 5.41) is 6.14. The quantitative estimate of drug-likeness (QED) is 0.715. The Balaban J connectivity index is 2.12. The number of hydrogen-bond donors (Lipinski definition) is 2. The first-order valence-corrected chi connectivity index (χ1v) is 7.09. The first kappa shape index (κ1) is 13.8. The molecule has 0 aliphatic carbocycles. The smallest absolute Gasteiger partial charge is 0.238 e. The summed E-state index contributed by atoms with van der Waals surface area (Å²) in [7, 11) is 2.10. The predicted molar refractivity (Wildman–Crippen MR) is 69.6 cm³/mol. The van der Waals surface area contributed by atoms with Gasteiger partial charge in [-0.1, -0.05) is 6.92 Å². The molecule has 4 nitrogen and oxygen atoms in total. The van der Waals surface area contributed by atoms with Crippen LogP contribution in [-0.2, 0) is 4.79 Å². The van der Waals surface area contributed by atoms with Crippen molar-refractivity contribution in [1.29, 1.82) is 0 Å². The van der Waals surface area contributed by atoms with E-state index in [1.807, 2.05) is 0 Å². The lowest BCUT2D eigenvalue weighted by Crippen LogP contribution is -2.45. The van der Waals surface area contributed by atoms with Crippen molar-refractivity contribution in [3.63, 3.8) is 0 Å². The van der Waals surface area contributed by atoms with Gasteiger partial charge >= 0.3 is 0 Å². The van der Waals surface area contributed by atoms with Gasteiger partial charge in [-0.15, -0.1) is 11.8 Å². The van der Waals surface area contributed by atoms with E-state index in [0.717, 1.165) is 31.1 Å². The normalized spacial score (nSPS) is 22.4. The SMILES string of the molecule is CCC(C)N(C)CCNC(=O)C1CSCN1. The predicted octanol–water partition coefficient (Wildman–Crippen LogP) is 0.495. The van der Waals surface area contributed by atoms with Crippen molar-refractivity contribution in [2.75, 3.05) is 31.8 Å². The largest absolute Gasteiger partial charge is 0.353 e. The zero-order valence-corrected chi connectivity index (χ0v) is 11.3. The van der Waals surface area contributed by atoms with Gasteiger partial charge in [0, 0.05) is 30.8 Å². The molecule has 16 heavy (non-hydrogen) atoms. The molecule has 1 aliphatic heterocycles. The molecule has 0 spiro atoms. The van der Waals surface area contributed by atoms with Crippen LogP contribution < -0.4 is 10.6 Å². The molecule has 2 N–H and O–H groups in total. The third kappa shape index (κ3) is 4.31. The van der Waals surface area contributed by atoms with E-state index in [-0.39, 0.29) is 11.9 Å². The van der Waals surface area contributed by atoms with Gasteiger partial charge in [-0.25, -0.2) is 0 Å². The molecule has 5 heteroatoms. The molecule has 1 aliphatic rings. The average molecular weight is 245 g/mol. The molecule has 94 valence electrons. The van der Waals surface area contributed by atoms with Crippen LogP contribution in [0.3, 0.4) is 0 Å². The van der Waals surface area contributed by atoms with Crippen LogP contribution in [0.25, 0.3) is 0 Å². The van der Waals surface area contributed by atoms with Gasteiger partial charge in [0.2, 0.25) is 5.91 Å². The van der Waals surface area contributed by atoms with E-state index in [9.17, 15) is 4.79 Å². The van der Waals surface area contributed by atoms with Crippen molar-refractivity contribution < 1.29 is 4.79 Å². The Morgan fingerprint density at radius 1 is 1.69 bits per heavy atom. The van der Waals surface area contributed by atoms with Crippen LogP contribution in [0, 0.1) is 0 Å². The summed E-state index contributed by atoms with van der Waals surface area (Å²) in [6.45, 7) is 6.04. The van der Waals surface area contributed by atoms with Crippen LogP contribution in [-0.4, -0.2) is 54.7 Å². The maximum absolute atomic E-state index is 11.7. The van der Waals surface area contributed by atoms with Gasteiger partial charge in [0.05, 0.1) is 6.04 Å². The number of nitrogens with one attached hydrogen (secondary N) is 2. The van der Waals surface area contributed by atoms with E-state index in [1.54, 1.807) is 11.8 Å². The molecular formula is C11H23N3OS. The summed E-state index contributed by atoms with van der Waals surface area (Å²) in [5.41, 5.74) is 0. The number of carbonyl (C=O) groups is 1. The zero-order valence-electron chi connectivity index (χ0n) is 10.5. The fraction of sp³-hybridized carbons (Fsp3) is 0.909. The highest BCUT2D eigenvalue weighted by Gasteiger charge is 2.21. The summed E-state index contributed by atoms with van der Waals surface area (Å²) in [6.07, 6.45) is 1.14. The van der Waals surface area contributed by atoms with Gasteiger partial charge < -0.3 is 10.2 Å². The van der Waals surface area contributed by atoms with Crippen LogP contribution >= 0.6 is 11.8 Å². The highest BCUT2D eigenvalue weighted by atomic mass is 32.2. The second-order valence-corrected chi connectivity index (χ2v) is 5.33. The van der Waals surface area contributed by atoms with Gasteiger partial charge in [0.15, 0.2) is 0 Å². The number of thioether (sulfide) groups is 1. The number of rotatable bonds is 6. The summed E-state index contributed by atoms with van der Waals surface area (Å²) in [4.78, 5) is 13.9. The number of amides is 1. The van der Waals surface area contributed by atoms with Gasteiger partial charge in [-0.2, -0.15) is 0 Å². The van der Waals surface area contributed by atoms with E-state index in [1.165, 1.54) is 0 Å². The second kappa shape index (κ2) is 7.14. The number of nitrogens with zero attached hydrogens (tertiary/aromatic N) is 1. The molecule has 0 saturated carbocycles. The minimum Gasteiger partial charge on any atom is -0.353 e. The fourth-order valence-electron chi connectivity index (χ4n) is 1.57. The van der Waals surface area contributed by atoms with Crippen molar-refractivity contribution in [2.24, 2.45) is 0 Å². The van der Waals surface area contributed by atoms with E-state index in [4.69, 9.17) is 0 Å². The maximum Gasteiger partial charge on any atom is 0.238 e. The van der Waals surface area contributed by atoms with Crippen LogP contribution in [0.1, 0.15) is 20.3 Å². The lowest BCUT2D eigenvalue weighted by molar-refractivity contribution is -0.122. The van der Waals surface area contributed by atoms with E-state index in [0.29, 0.717) is 6.04 Å². The van der Waals surface area contributed by atoms with E-state index >= 15 is 0 Å². The van der Waals surface area contributed by atoms with Gasteiger partial charge in [-0.05, 0) is 20.4 Å². The van der Waals surface area contributed by atoms with Crippen LogP contribution in [0.5, 0.6) is 0 Å². The van der Waals surface area contributed by atoms with Crippen LogP contribution in [0.2, 0.25) is 0 Å².